The molecule has 1 aromatic rings. The van der Waals surface area contributed by atoms with Gasteiger partial charge in [0.2, 0.25) is 12.7 Å². The Morgan fingerprint density at radius 2 is 2.10 bits per heavy atom. The lowest BCUT2D eigenvalue weighted by Gasteiger charge is -2.17. The monoisotopic (exact) mass is 295 g/mol. The van der Waals surface area contributed by atoms with Crippen LogP contribution in [0.2, 0.25) is 0 Å². The zero-order valence-electron chi connectivity index (χ0n) is 11.8. The van der Waals surface area contributed by atoms with Gasteiger partial charge in [0.15, 0.2) is 11.5 Å². The maximum atomic E-state index is 12.1. The van der Waals surface area contributed by atoms with Gasteiger partial charge in [0, 0.05) is 6.07 Å². The van der Waals surface area contributed by atoms with Gasteiger partial charge < -0.3 is 20.5 Å². The van der Waals surface area contributed by atoms with E-state index >= 15 is 0 Å². The van der Waals surface area contributed by atoms with Crippen LogP contribution in [0.15, 0.2) is 12.1 Å². The van der Waals surface area contributed by atoms with Crippen molar-refractivity contribution >= 4 is 17.3 Å². The van der Waals surface area contributed by atoms with Gasteiger partial charge in [0.25, 0.3) is 5.69 Å². The molecule has 0 spiro atoms. The third-order valence-corrected chi connectivity index (χ3v) is 3.51. The maximum absolute atomic E-state index is 12.1. The molecule has 8 nitrogen and oxygen atoms in total. The van der Waals surface area contributed by atoms with Crippen LogP contribution in [0.4, 0.5) is 11.4 Å². The molecule has 1 aliphatic rings. The molecule has 114 valence electrons. The molecule has 0 saturated carbocycles. The second kappa shape index (κ2) is 5.96. The quantitative estimate of drug-likeness (QED) is 0.630. The Hall–Kier alpha value is -2.35. The lowest BCUT2D eigenvalue weighted by atomic mass is 9.99. The standard InChI is InChI=1S/C13H17N3O5/c1-3-7(2)12(14)13(17)15-8-4-10-11(21-6-20-10)5-9(8)16(18)19/h4-5,7,12H,3,6,14H2,1-2H3,(H,15,17). The molecule has 0 radical (unpaired) electrons. The molecule has 0 saturated heterocycles. The van der Waals surface area contributed by atoms with Crippen molar-refractivity contribution in [3.63, 3.8) is 0 Å². The van der Waals surface area contributed by atoms with E-state index < -0.39 is 16.9 Å². The average molecular weight is 295 g/mol. The van der Waals surface area contributed by atoms with Crippen molar-refractivity contribution in [3.05, 3.63) is 22.2 Å². The van der Waals surface area contributed by atoms with Crippen molar-refractivity contribution in [1.82, 2.24) is 0 Å². The number of hydrogen-bond acceptors (Lipinski definition) is 6. The third-order valence-electron chi connectivity index (χ3n) is 3.51. The van der Waals surface area contributed by atoms with Gasteiger partial charge in [-0.15, -0.1) is 0 Å². The van der Waals surface area contributed by atoms with E-state index in [-0.39, 0.29) is 29.8 Å². The molecule has 0 aliphatic carbocycles. The molecular weight excluding hydrogens is 278 g/mol. The number of carbonyl (C=O) groups excluding carboxylic acids is 1. The van der Waals surface area contributed by atoms with Crippen molar-refractivity contribution in [2.45, 2.75) is 26.3 Å². The number of amides is 1. The highest BCUT2D eigenvalue weighted by molar-refractivity contribution is 5.97. The molecular formula is C13H17N3O5. The molecule has 0 fully saturated rings. The number of hydrogen-bond donors (Lipinski definition) is 2. The van der Waals surface area contributed by atoms with E-state index in [1.807, 2.05) is 13.8 Å². The number of ether oxygens (including phenoxy) is 2. The van der Waals surface area contributed by atoms with Crippen molar-refractivity contribution in [1.29, 1.82) is 0 Å². The molecule has 21 heavy (non-hydrogen) atoms. The third kappa shape index (κ3) is 3.05. The van der Waals surface area contributed by atoms with E-state index in [2.05, 4.69) is 5.32 Å². The number of nitrogens with zero attached hydrogens (tertiary/aromatic N) is 1. The molecule has 2 unspecified atom stereocenters. The van der Waals surface area contributed by atoms with Gasteiger partial charge >= 0.3 is 0 Å². The number of fused-ring (bicyclic) bond motifs is 1. The fourth-order valence-electron chi connectivity index (χ4n) is 1.91. The normalized spacial score (nSPS) is 15.4. The predicted molar refractivity (Wildman–Crippen MR) is 75.3 cm³/mol. The van der Waals surface area contributed by atoms with E-state index in [1.54, 1.807) is 0 Å². The van der Waals surface area contributed by atoms with Gasteiger partial charge in [-0.2, -0.15) is 0 Å². The number of nitrogens with one attached hydrogen (secondary N) is 1. The van der Waals surface area contributed by atoms with Crippen molar-refractivity contribution in [2.24, 2.45) is 11.7 Å². The van der Waals surface area contributed by atoms with Crippen LogP contribution < -0.4 is 20.5 Å². The highest BCUT2D eigenvalue weighted by Gasteiger charge is 2.27. The summed E-state index contributed by atoms with van der Waals surface area (Å²) in [5.74, 6) is 0.142. The average Bonchev–Trinajstić information content (AvgIpc) is 2.91. The Balaban J connectivity index is 2.27. The molecule has 1 aliphatic heterocycles. The Morgan fingerprint density at radius 1 is 1.48 bits per heavy atom. The van der Waals surface area contributed by atoms with Crippen LogP contribution in [0.1, 0.15) is 20.3 Å². The number of nitrogens with two attached hydrogens (primary N) is 1. The zero-order valence-corrected chi connectivity index (χ0v) is 11.8. The Labute approximate surface area is 121 Å². The summed E-state index contributed by atoms with van der Waals surface area (Å²) in [6.07, 6.45) is 0.734. The highest BCUT2D eigenvalue weighted by atomic mass is 16.7. The Kier molecular flexibility index (Phi) is 4.27. The van der Waals surface area contributed by atoms with E-state index in [1.165, 1.54) is 12.1 Å². The molecule has 1 amide bonds. The van der Waals surface area contributed by atoms with Gasteiger partial charge in [-0.05, 0) is 5.92 Å². The first kappa shape index (κ1) is 15.0. The van der Waals surface area contributed by atoms with Crippen LogP contribution in [-0.2, 0) is 4.79 Å². The van der Waals surface area contributed by atoms with Gasteiger partial charge in [-0.1, -0.05) is 20.3 Å². The fourth-order valence-corrected chi connectivity index (χ4v) is 1.91. The fraction of sp³-hybridized carbons (Fsp3) is 0.462. The Bertz CT molecular complexity index is 575. The van der Waals surface area contributed by atoms with Crippen LogP contribution in [-0.4, -0.2) is 23.7 Å². The lowest BCUT2D eigenvalue weighted by Crippen LogP contribution is -2.40. The number of carbonyl (C=O) groups is 1. The van der Waals surface area contributed by atoms with Crippen LogP contribution >= 0.6 is 0 Å². The predicted octanol–water partition coefficient (Wildman–Crippen LogP) is 1.64. The molecule has 2 atom stereocenters. The van der Waals surface area contributed by atoms with Crippen LogP contribution in [0.5, 0.6) is 11.5 Å². The van der Waals surface area contributed by atoms with E-state index in [0.717, 1.165) is 6.42 Å². The molecule has 8 heteroatoms. The summed E-state index contributed by atoms with van der Waals surface area (Å²) < 4.78 is 10.2. The second-order valence-corrected chi connectivity index (χ2v) is 4.88. The summed E-state index contributed by atoms with van der Waals surface area (Å²) in [7, 11) is 0. The summed E-state index contributed by atoms with van der Waals surface area (Å²) in [5.41, 5.74) is 5.61. The highest BCUT2D eigenvalue weighted by Crippen LogP contribution is 2.40. The first-order valence-corrected chi connectivity index (χ1v) is 6.58. The summed E-state index contributed by atoms with van der Waals surface area (Å²) in [6, 6.07) is 1.87. The molecule has 0 bridgehead atoms. The van der Waals surface area contributed by atoms with Gasteiger partial charge in [-0.3, -0.25) is 14.9 Å². The van der Waals surface area contributed by atoms with Crippen LogP contribution in [0.3, 0.4) is 0 Å². The van der Waals surface area contributed by atoms with Gasteiger partial charge in [-0.25, -0.2) is 0 Å². The minimum absolute atomic E-state index is 0.00370. The first-order valence-electron chi connectivity index (χ1n) is 6.58. The first-order chi connectivity index (χ1) is 9.93. The summed E-state index contributed by atoms with van der Waals surface area (Å²) in [5, 5.41) is 13.6. The summed E-state index contributed by atoms with van der Waals surface area (Å²) in [6.45, 7) is 3.76. The number of nitro benzene ring substituents is 1. The molecule has 0 aromatic heterocycles. The molecule has 1 aromatic carbocycles. The maximum Gasteiger partial charge on any atom is 0.296 e. The van der Waals surface area contributed by atoms with E-state index in [9.17, 15) is 14.9 Å². The van der Waals surface area contributed by atoms with E-state index in [4.69, 9.17) is 15.2 Å². The van der Waals surface area contributed by atoms with Crippen molar-refractivity contribution in [2.75, 3.05) is 12.1 Å². The number of rotatable bonds is 5. The second-order valence-electron chi connectivity index (χ2n) is 4.88. The van der Waals surface area contributed by atoms with Crippen molar-refractivity contribution in [3.8, 4) is 11.5 Å². The SMILES string of the molecule is CCC(C)C(N)C(=O)Nc1cc2c(cc1[N+](=O)[O-])OCO2. The molecule has 3 N–H and O–H groups in total. The number of nitro groups is 1. The zero-order chi connectivity index (χ0) is 15.6. The molecule has 1 heterocycles. The van der Waals surface area contributed by atoms with Crippen molar-refractivity contribution < 1.29 is 19.2 Å². The Morgan fingerprint density at radius 3 is 2.67 bits per heavy atom. The van der Waals surface area contributed by atoms with Crippen LogP contribution in [0.25, 0.3) is 0 Å². The van der Waals surface area contributed by atoms with Gasteiger partial charge in [0.05, 0.1) is 17.0 Å². The smallest absolute Gasteiger partial charge is 0.296 e. The summed E-state index contributed by atoms with van der Waals surface area (Å²) >= 11 is 0. The topological polar surface area (TPSA) is 117 Å². The summed E-state index contributed by atoms with van der Waals surface area (Å²) in [4.78, 5) is 22.6. The van der Waals surface area contributed by atoms with Crippen LogP contribution in [0, 0.1) is 16.0 Å². The number of benzene rings is 1. The minimum atomic E-state index is -0.736. The number of anilines is 1. The lowest BCUT2D eigenvalue weighted by molar-refractivity contribution is -0.384. The molecule has 2 rings (SSSR count). The van der Waals surface area contributed by atoms with Gasteiger partial charge in [0.1, 0.15) is 5.69 Å². The largest absolute Gasteiger partial charge is 0.454 e. The van der Waals surface area contributed by atoms with E-state index in [0.29, 0.717) is 5.75 Å². The minimum Gasteiger partial charge on any atom is -0.454 e.